The van der Waals surface area contributed by atoms with Gasteiger partial charge in [-0.1, -0.05) is 12.1 Å². The third-order valence-electron chi connectivity index (χ3n) is 0.996. The Kier molecular flexibility index (Phi) is 23.9. The summed E-state index contributed by atoms with van der Waals surface area (Å²) in [4.78, 5) is 0. The molecule has 6 N–H and O–H groups in total. The predicted molar refractivity (Wildman–Crippen MR) is 67.1 cm³/mol. The zero-order chi connectivity index (χ0) is 10.5. The van der Waals surface area contributed by atoms with Crippen molar-refractivity contribution < 1.29 is 123 Å². The van der Waals surface area contributed by atoms with Crippen LogP contribution in [0.5, 0.6) is 0 Å². The first kappa shape index (κ1) is 27.1. The number of anilines is 2. The summed E-state index contributed by atoms with van der Waals surface area (Å²) >= 11 is 0. The molecule has 0 aliphatic carbocycles. The molecule has 0 saturated heterocycles. The summed E-state index contributed by atoms with van der Waals surface area (Å²) < 4.78 is 31.6. The second-order valence-corrected chi connectivity index (χ2v) is 2.97. The number of halogens is 1. The van der Waals surface area contributed by atoms with Crippen molar-refractivity contribution in [3.8, 4) is 0 Å². The van der Waals surface area contributed by atoms with E-state index in [-0.39, 0.29) is 130 Å². The van der Waals surface area contributed by atoms with Gasteiger partial charge in [-0.3, -0.25) is 9.11 Å². The monoisotopic (exact) mass is 414 g/mol. The third kappa shape index (κ3) is 21.9. The van der Waals surface area contributed by atoms with Gasteiger partial charge in [0, 0.05) is 0 Å². The third-order valence-corrected chi connectivity index (χ3v) is 0.996. The maximum atomic E-state index is 8.74. The Labute approximate surface area is 200 Å². The van der Waals surface area contributed by atoms with Crippen LogP contribution in [0.1, 0.15) is 2.85 Å². The van der Waals surface area contributed by atoms with Crippen molar-refractivity contribution in [3.63, 3.8) is 0 Å². The molecular weight excluding hydrogens is 401 g/mol. The average molecular weight is 414 g/mol. The van der Waals surface area contributed by atoms with E-state index in [4.69, 9.17) is 29.0 Å². The molecule has 0 atom stereocenters. The summed E-state index contributed by atoms with van der Waals surface area (Å²) in [5, 5.41) is 0. The van der Waals surface area contributed by atoms with E-state index in [1.165, 1.54) is 0 Å². The van der Waals surface area contributed by atoms with Crippen molar-refractivity contribution in [3.05, 3.63) is 24.3 Å². The number of nitrogen functional groups attached to an aromatic ring is 2. The second-order valence-electron chi connectivity index (χ2n) is 2.08. The Balaban J connectivity index is -0.0000000332. The number of benzene rings is 1. The Hall–Kier alpha value is 2.69. The fourth-order valence-electron chi connectivity index (χ4n) is 0.511. The summed E-state index contributed by atoms with van der Waals surface area (Å²) in [5.41, 5.74) is 12.1. The fraction of sp³-hybridized carbons (Fsp3) is 0. The van der Waals surface area contributed by atoms with Crippen LogP contribution in [-0.2, 0) is 10.4 Å². The number of hydrogen-bond donors (Lipinski definition) is 4. The van der Waals surface area contributed by atoms with Crippen LogP contribution in [0.4, 0.5) is 11.4 Å². The Morgan fingerprint density at radius 2 is 1.19 bits per heavy atom. The van der Waals surface area contributed by atoms with E-state index in [9.17, 15) is 0 Å². The van der Waals surface area contributed by atoms with Gasteiger partial charge in [0.1, 0.15) is 0 Å². The van der Waals surface area contributed by atoms with Gasteiger partial charge in [0.15, 0.2) is 0 Å². The molecule has 0 bridgehead atoms. The van der Waals surface area contributed by atoms with Crippen molar-refractivity contribution in [2.45, 2.75) is 0 Å². The molecule has 10 heteroatoms. The second kappa shape index (κ2) is 14.1. The maximum Gasteiger partial charge on any atom is 1.00 e. The SMILES string of the molecule is I.Nc1ccccc1N.O=S(=O)(O)O.[H-].[H-].[K+].[K+]. The minimum atomic E-state index is -4.67. The summed E-state index contributed by atoms with van der Waals surface area (Å²) in [6, 6.07) is 7.25. The quantitative estimate of drug-likeness (QED) is 0.146. The van der Waals surface area contributed by atoms with Crippen molar-refractivity contribution in [2.75, 3.05) is 11.5 Å². The van der Waals surface area contributed by atoms with Crippen LogP contribution in [0.25, 0.3) is 0 Å². The van der Waals surface area contributed by atoms with Gasteiger partial charge in [0.25, 0.3) is 0 Å². The van der Waals surface area contributed by atoms with Crippen LogP contribution in [-0.4, -0.2) is 17.5 Å². The molecule has 86 valence electrons. The summed E-state index contributed by atoms with van der Waals surface area (Å²) in [6.45, 7) is 0. The maximum absolute atomic E-state index is 8.74. The van der Waals surface area contributed by atoms with Gasteiger partial charge < -0.3 is 14.3 Å². The van der Waals surface area contributed by atoms with Crippen LogP contribution in [0, 0.1) is 0 Å². The normalized spacial score (nSPS) is 8.12. The van der Waals surface area contributed by atoms with Gasteiger partial charge in [0.2, 0.25) is 0 Å². The Morgan fingerprint density at radius 1 is 1.00 bits per heavy atom. The van der Waals surface area contributed by atoms with Gasteiger partial charge >= 0.3 is 113 Å². The first-order valence-corrected chi connectivity index (χ1v) is 4.50. The molecular formula is C6H13IK2N2O4S. The molecule has 0 heterocycles. The predicted octanol–water partition coefficient (Wildman–Crippen LogP) is -4.95. The molecule has 1 aromatic rings. The summed E-state index contributed by atoms with van der Waals surface area (Å²) in [5.74, 6) is 0. The first-order chi connectivity index (χ1) is 5.80. The van der Waals surface area contributed by atoms with Crippen LogP contribution in [0.2, 0.25) is 0 Å². The van der Waals surface area contributed by atoms with Gasteiger partial charge in [-0.05, 0) is 12.1 Å². The molecule has 0 spiro atoms. The molecule has 1 aromatic carbocycles. The molecule has 0 fully saturated rings. The van der Waals surface area contributed by atoms with Gasteiger partial charge in [-0.2, -0.15) is 8.42 Å². The van der Waals surface area contributed by atoms with Crippen LogP contribution in [0.15, 0.2) is 24.3 Å². The number of rotatable bonds is 0. The topological polar surface area (TPSA) is 127 Å². The van der Waals surface area contributed by atoms with E-state index >= 15 is 0 Å². The molecule has 0 aliphatic rings. The molecule has 0 unspecified atom stereocenters. The molecule has 6 nitrogen and oxygen atoms in total. The standard InChI is InChI=1S/C6H8N2.HI.2K.H2O4S.2H/c7-5-3-1-2-4-6(5)8;;;;1-5(2,3)4;;/h1-4H,7-8H2;1H;;;(H2,1,2,3,4);;/q;;2*+1;;2*-1. The van der Waals surface area contributed by atoms with Crippen LogP contribution in [0.3, 0.4) is 0 Å². The molecule has 0 aromatic heterocycles. The van der Waals surface area contributed by atoms with Gasteiger partial charge in [-0.15, -0.1) is 24.0 Å². The molecule has 0 amide bonds. The van der Waals surface area contributed by atoms with E-state index in [1.54, 1.807) is 12.1 Å². The minimum absolute atomic E-state index is 0. The van der Waals surface area contributed by atoms with Crippen molar-refractivity contribution in [1.29, 1.82) is 0 Å². The fourth-order valence-corrected chi connectivity index (χ4v) is 0.511. The summed E-state index contributed by atoms with van der Waals surface area (Å²) in [7, 11) is -4.67. The van der Waals surface area contributed by atoms with Crippen molar-refractivity contribution >= 4 is 45.8 Å². The van der Waals surface area contributed by atoms with Crippen molar-refractivity contribution in [1.82, 2.24) is 0 Å². The summed E-state index contributed by atoms with van der Waals surface area (Å²) in [6.07, 6.45) is 0. The average Bonchev–Trinajstić information content (AvgIpc) is 1.92. The Bertz CT molecular complexity index is 357. The van der Waals surface area contributed by atoms with Crippen molar-refractivity contribution in [2.24, 2.45) is 0 Å². The van der Waals surface area contributed by atoms with E-state index in [1.807, 2.05) is 12.1 Å². The smallest absolute Gasteiger partial charge is 1.00 e. The minimum Gasteiger partial charge on any atom is -1.00 e. The first-order valence-electron chi connectivity index (χ1n) is 3.10. The van der Waals surface area contributed by atoms with Gasteiger partial charge in [-0.25, -0.2) is 0 Å². The largest absolute Gasteiger partial charge is 1.00 e. The zero-order valence-electron chi connectivity index (χ0n) is 11.0. The van der Waals surface area contributed by atoms with Crippen LogP contribution < -0.4 is 114 Å². The molecule has 0 aliphatic heterocycles. The number of hydrogen-bond acceptors (Lipinski definition) is 4. The van der Waals surface area contributed by atoms with E-state index < -0.39 is 10.4 Å². The number of para-hydroxylation sites is 2. The van der Waals surface area contributed by atoms with Crippen LogP contribution >= 0.6 is 24.0 Å². The van der Waals surface area contributed by atoms with E-state index in [0.717, 1.165) is 0 Å². The van der Waals surface area contributed by atoms with E-state index in [2.05, 4.69) is 0 Å². The number of nitrogens with two attached hydrogens (primary N) is 2. The zero-order valence-corrected chi connectivity index (χ0v) is 18.4. The Morgan fingerprint density at radius 3 is 1.31 bits per heavy atom. The molecule has 16 heavy (non-hydrogen) atoms. The van der Waals surface area contributed by atoms with Gasteiger partial charge in [0.05, 0.1) is 11.4 Å². The molecule has 0 saturated carbocycles. The molecule has 0 radical (unpaired) electrons. The van der Waals surface area contributed by atoms with E-state index in [0.29, 0.717) is 11.4 Å². The molecule has 1 rings (SSSR count).